The molecule has 8 nitrogen and oxygen atoms in total. The molecule has 0 spiro atoms. The Morgan fingerprint density at radius 1 is 0.765 bits per heavy atom. The molecule has 1 heterocycles. The van der Waals surface area contributed by atoms with Gasteiger partial charge in [0.1, 0.15) is 24.4 Å². The predicted molar refractivity (Wildman–Crippen MR) is 132 cm³/mol. The van der Waals surface area contributed by atoms with Crippen molar-refractivity contribution in [2.24, 2.45) is 0 Å². The van der Waals surface area contributed by atoms with E-state index >= 15 is 0 Å². The first-order valence-electron chi connectivity index (χ1n) is 13.7. The summed E-state index contributed by atoms with van der Waals surface area (Å²) in [5.41, 5.74) is 0. The molecule has 1 amide bonds. The molecular weight excluding hydrogens is 438 g/mol. The Hall–Kier alpha value is -0.770. The second-order valence-corrected chi connectivity index (χ2v) is 9.62. The molecule has 0 radical (unpaired) electrons. The quantitative estimate of drug-likeness (QED) is 0.157. The zero-order valence-corrected chi connectivity index (χ0v) is 21.3. The minimum absolute atomic E-state index is 0.0351. The first-order valence-corrected chi connectivity index (χ1v) is 13.7. The molecule has 1 fully saturated rings. The number of carbonyl (C=O) groups excluding carboxylic acids is 1. The maximum absolute atomic E-state index is 11.9. The Morgan fingerprint density at radius 3 is 1.76 bits per heavy atom. The van der Waals surface area contributed by atoms with E-state index in [-0.39, 0.29) is 19.1 Å². The largest absolute Gasteiger partial charge is 0.394 e. The second-order valence-electron chi connectivity index (χ2n) is 9.62. The summed E-state index contributed by atoms with van der Waals surface area (Å²) in [5.74, 6) is -0.0351. The lowest BCUT2D eigenvalue weighted by Crippen LogP contribution is -2.59. The lowest BCUT2D eigenvalue weighted by molar-refractivity contribution is -0.300. The number of aliphatic hydroxyl groups is 4. The topological polar surface area (TPSA) is 128 Å². The highest BCUT2D eigenvalue weighted by molar-refractivity contribution is 5.75. The molecule has 34 heavy (non-hydrogen) atoms. The fourth-order valence-electron chi connectivity index (χ4n) is 4.32. The van der Waals surface area contributed by atoms with Gasteiger partial charge in [-0.15, -0.1) is 0 Å². The number of rotatable bonds is 21. The fraction of sp³-hybridized carbons (Fsp3) is 0.962. The Labute approximate surface area is 206 Å². The Kier molecular flexibility index (Phi) is 18.8. The average Bonchev–Trinajstić information content (AvgIpc) is 2.84. The van der Waals surface area contributed by atoms with Gasteiger partial charge in [-0.1, -0.05) is 96.8 Å². The Bertz CT molecular complexity index is 492. The molecule has 0 unspecified atom stereocenters. The first-order chi connectivity index (χ1) is 16.5. The van der Waals surface area contributed by atoms with Gasteiger partial charge in [0.2, 0.25) is 5.91 Å². The van der Waals surface area contributed by atoms with Crippen molar-refractivity contribution in [2.45, 2.75) is 140 Å². The third-order valence-corrected chi connectivity index (χ3v) is 6.56. The summed E-state index contributed by atoms with van der Waals surface area (Å²) in [6.45, 7) is 2.11. The minimum atomic E-state index is -1.46. The maximum atomic E-state index is 11.9. The van der Waals surface area contributed by atoms with Gasteiger partial charge in [0, 0.05) is 13.0 Å². The van der Waals surface area contributed by atoms with Crippen LogP contribution in [0.15, 0.2) is 0 Å². The van der Waals surface area contributed by atoms with Crippen molar-refractivity contribution in [3.63, 3.8) is 0 Å². The van der Waals surface area contributed by atoms with Crippen LogP contribution >= 0.6 is 0 Å². The number of aliphatic hydroxyl groups excluding tert-OH is 4. The molecule has 1 aliphatic rings. The molecule has 1 saturated heterocycles. The summed E-state index contributed by atoms with van der Waals surface area (Å²) < 4.78 is 10.6. The van der Waals surface area contributed by atoms with Crippen LogP contribution in [0.4, 0.5) is 0 Å². The van der Waals surface area contributed by atoms with E-state index in [0.29, 0.717) is 6.42 Å². The SMILES string of the molecule is CCCCCCCCCCCCCCCCCC(=O)NCCO[C@@H]1O[C@H](CO)[C@H](O)[C@H](O)[C@H]1O. The molecule has 0 aromatic rings. The van der Waals surface area contributed by atoms with E-state index in [0.717, 1.165) is 12.8 Å². The summed E-state index contributed by atoms with van der Waals surface area (Å²) in [7, 11) is 0. The lowest BCUT2D eigenvalue weighted by atomic mass is 9.99. The van der Waals surface area contributed by atoms with Crippen LogP contribution in [-0.2, 0) is 14.3 Å². The summed E-state index contributed by atoms with van der Waals surface area (Å²) in [6, 6.07) is 0. The van der Waals surface area contributed by atoms with E-state index in [1.54, 1.807) is 0 Å². The molecule has 1 aliphatic heterocycles. The number of unbranched alkanes of at least 4 members (excludes halogenated alkanes) is 14. The number of carbonyl (C=O) groups is 1. The smallest absolute Gasteiger partial charge is 0.220 e. The van der Waals surface area contributed by atoms with Crippen LogP contribution in [-0.4, -0.2) is 76.8 Å². The maximum Gasteiger partial charge on any atom is 0.220 e. The van der Waals surface area contributed by atoms with E-state index < -0.39 is 37.3 Å². The van der Waals surface area contributed by atoms with Gasteiger partial charge in [-0.3, -0.25) is 4.79 Å². The van der Waals surface area contributed by atoms with Crippen molar-refractivity contribution < 1.29 is 34.7 Å². The van der Waals surface area contributed by atoms with Gasteiger partial charge in [0.25, 0.3) is 0 Å². The summed E-state index contributed by atoms with van der Waals surface area (Å²) >= 11 is 0. The van der Waals surface area contributed by atoms with Crippen molar-refractivity contribution in [1.82, 2.24) is 5.32 Å². The normalized spacial score (nSPS) is 24.9. The van der Waals surface area contributed by atoms with E-state index in [1.165, 1.54) is 83.5 Å². The van der Waals surface area contributed by atoms with Crippen LogP contribution < -0.4 is 5.32 Å². The zero-order valence-electron chi connectivity index (χ0n) is 21.3. The second kappa shape index (κ2) is 20.4. The number of amides is 1. The van der Waals surface area contributed by atoms with Crippen molar-refractivity contribution in [1.29, 1.82) is 0 Å². The highest BCUT2D eigenvalue weighted by atomic mass is 16.7. The van der Waals surface area contributed by atoms with Crippen molar-refractivity contribution >= 4 is 5.91 Å². The summed E-state index contributed by atoms with van der Waals surface area (Å²) in [4.78, 5) is 11.9. The highest BCUT2D eigenvalue weighted by Crippen LogP contribution is 2.21. The van der Waals surface area contributed by atoms with Gasteiger partial charge < -0.3 is 35.2 Å². The molecular formula is C26H51NO7. The van der Waals surface area contributed by atoms with Gasteiger partial charge in [0.15, 0.2) is 6.29 Å². The minimum Gasteiger partial charge on any atom is -0.394 e. The predicted octanol–water partition coefficient (Wildman–Crippen LogP) is 3.18. The summed E-state index contributed by atoms with van der Waals surface area (Å²) in [6.07, 6.45) is 13.4. The first kappa shape index (κ1) is 31.3. The van der Waals surface area contributed by atoms with Crippen LogP contribution in [0.3, 0.4) is 0 Å². The molecule has 0 bridgehead atoms. The standard InChI is InChI=1S/C26H51NO7/c1-2-3-4-5-6-7-8-9-10-11-12-13-14-15-16-17-22(29)27-18-19-33-26-25(32)24(31)23(30)21(20-28)34-26/h21,23-26,28,30-32H,2-20H2,1H3,(H,27,29)/t21-,23+,24+,25-,26-/m1/s1. The van der Waals surface area contributed by atoms with E-state index in [1.807, 2.05) is 0 Å². The third kappa shape index (κ3) is 14.0. The molecule has 0 aromatic carbocycles. The zero-order chi connectivity index (χ0) is 25.0. The molecule has 0 saturated carbocycles. The number of ether oxygens (including phenoxy) is 2. The van der Waals surface area contributed by atoms with Gasteiger partial charge in [-0.2, -0.15) is 0 Å². The molecule has 1 rings (SSSR count). The molecule has 5 atom stereocenters. The monoisotopic (exact) mass is 489 g/mol. The van der Waals surface area contributed by atoms with E-state index in [9.17, 15) is 20.1 Å². The van der Waals surface area contributed by atoms with Crippen LogP contribution in [0.25, 0.3) is 0 Å². The molecule has 5 N–H and O–H groups in total. The van der Waals surface area contributed by atoms with Crippen LogP contribution in [0, 0.1) is 0 Å². The van der Waals surface area contributed by atoms with E-state index in [2.05, 4.69) is 12.2 Å². The molecule has 0 aliphatic carbocycles. The van der Waals surface area contributed by atoms with Crippen molar-refractivity contribution in [2.75, 3.05) is 19.8 Å². The highest BCUT2D eigenvalue weighted by Gasteiger charge is 2.43. The number of hydrogen-bond acceptors (Lipinski definition) is 7. The van der Waals surface area contributed by atoms with Crippen molar-refractivity contribution in [3.05, 3.63) is 0 Å². The Balaban J connectivity index is 1.89. The van der Waals surface area contributed by atoms with E-state index in [4.69, 9.17) is 14.6 Å². The Morgan fingerprint density at radius 2 is 1.26 bits per heavy atom. The van der Waals surface area contributed by atoms with Crippen LogP contribution in [0.5, 0.6) is 0 Å². The van der Waals surface area contributed by atoms with Gasteiger partial charge in [-0.05, 0) is 6.42 Å². The van der Waals surface area contributed by atoms with Gasteiger partial charge in [0.05, 0.1) is 13.2 Å². The molecule has 202 valence electrons. The third-order valence-electron chi connectivity index (χ3n) is 6.56. The number of hydrogen-bond donors (Lipinski definition) is 5. The van der Waals surface area contributed by atoms with Gasteiger partial charge >= 0.3 is 0 Å². The lowest BCUT2D eigenvalue weighted by Gasteiger charge is -2.39. The van der Waals surface area contributed by atoms with Gasteiger partial charge in [-0.25, -0.2) is 0 Å². The van der Waals surface area contributed by atoms with Crippen LogP contribution in [0.2, 0.25) is 0 Å². The van der Waals surface area contributed by atoms with Crippen molar-refractivity contribution in [3.8, 4) is 0 Å². The fourth-order valence-corrected chi connectivity index (χ4v) is 4.32. The molecule has 8 heteroatoms. The number of nitrogens with one attached hydrogen (secondary N) is 1. The molecule has 0 aromatic heterocycles. The van der Waals surface area contributed by atoms with Crippen LogP contribution in [0.1, 0.15) is 110 Å². The average molecular weight is 490 g/mol. The summed E-state index contributed by atoms with van der Waals surface area (Å²) in [5, 5.41) is 41.3.